The van der Waals surface area contributed by atoms with Gasteiger partial charge in [0.25, 0.3) is 0 Å². The minimum absolute atomic E-state index is 0.0169. The first-order chi connectivity index (χ1) is 11.2. The largest absolute Gasteiger partial charge is 0.492 e. The maximum Gasteiger partial charge on any atom is 0.317 e. The van der Waals surface area contributed by atoms with Gasteiger partial charge in [-0.3, -0.25) is 4.98 Å². The summed E-state index contributed by atoms with van der Waals surface area (Å²) in [5, 5.41) is 3.98. The number of carbonyl (C=O) groups is 1. The molecule has 2 heterocycles. The second kappa shape index (κ2) is 7.31. The van der Waals surface area contributed by atoms with Crippen LogP contribution in [-0.2, 0) is 0 Å². The fourth-order valence-corrected chi connectivity index (χ4v) is 2.79. The Morgan fingerprint density at radius 2 is 2.17 bits per heavy atom. The number of hydrogen-bond donors (Lipinski definition) is 1. The first-order valence-electron chi connectivity index (χ1n) is 8.23. The number of likely N-dealkylation sites (tertiary alicyclic amines) is 1. The van der Waals surface area contributed by atoms with E-state index < -0.39 is 0 Å². The van der Waals surface area contributed by atoms with Gasteiger partial charge >= 0.3 is 6.03 Å². The number of hydrogen-bond acceptors (Lipinski definition) is 3. The lowest BCUT2D eigenvalue weighted by Crippen LogP contribution is -2.45. The molecule has 0 unspecified atom stereocenters. The van der Waals surface area contributed by atoms with E-state index in [2.05, 4.69) is 17.2 Å². The number of aromatic nitrogens is 1. The number of carbonyl (C=O) groups excluding carboxylic acids is 1. The topological polar surface area (TPSA) is 54.5 Å². The molecule has 0 atom stereocenters. The number of pyridine rings is 1. The van der Waals surface area contributed by atoms with Crippen LogP contribution in [0.15, 0.2) is 36.5 Å². The van der Waals surface area contributed by atoms with Crippen LogP contribution in [0.5, 0.6) is 5.75 Å². The Morgan fingerprint density at radius 1 is 1.35 bits per heavy atom. The standard InChI is InChI=1S/C18H23N3O2/c1-14-6-10-21(11-7-14)18(22)20-9-12-23-16-4-5-17-15(13-16)3-2-8-19-17/h2-5,8,13-14H,6-7,9-12H2,1H3,(H,20,22). The molecule has 122 valence electrons. The number of rotatable bonds is 4. The fourth-order valence-electron chi connectivity index (χ4n) is 2.79. The molecule has 1 fully saturated rings. The molecular weight excluding hydrogens is 290 g/mol. The molecule has 1 aromatic heterocycles. The molecular formula is C18H23N3O2. The van der Waals surface area contributed by atoms with Gasteiger partial charge in [-0.15, -0.1) is 0 Å². The van der Waals surface area contributed by atoms with Gasteiger partial charge in [0.2, 0.25) is 0 Å². The van der Waals surface area contributed by atoms with Gasteiger partial charge < -0.3 is 15.0 Å². The van der Waals surface area contributed by atoms with Gasteiger partial charge in [-0.1, -0.05) is 13.0 Å². The Bertz CT molecular complexity index is 666. The normalized spacial score (nSPS) is 15.6. The number of benzene rings is 1. The van der Waals surface area contributed by atoms with Gasteiger partial charge in [0.1, 0.15) is 12.4 Å². The first kappa shape index (κ1) is 15.6. The quantitative estimate of drug-likeness (QED) is 0.883. The third kappa shape index (κ3) is 4.12. The molecule has 0 saturated carbocycles. The third-order valence-electron chi connectivity index (χ3n) is 4.29. The van der Waals surface area contributed by atoms with Crippen LogP contribution in [-0.4, -0.2) is 42.2 Å². The summed E-state index contributed by atoms with van der Waals surface area (Å²) in [7, 11) is 0. The molecule has 0 bridgehead atoms. The number of piperidine rings is 1. The molecule has 23 heavy (non-hydrogen) atoms. The van der Waals surface area contributed by atoms with Crippen molar-refractivity contribution in [2.45, 2.75) is 19.8 Å². The zero-order valence-corrected chi connectivity index (χ0v) is 13.5. The van der Waals surface area contributed by atoms with E-state index in [9.17, 15) is 4.79 Å². The van der Waals surface area contributed by atoms with E-state index in [4.69, 9.17) is 4.74 Å². The van der Waals surface area contributed by atoms with Crippen LogP contribution in [0.4, 0.5) is 4.79 Å². The van der Waals surface area contributed by atoms with Crippen LogP contribution in [0.2, 0.25) is 0 Å². The third-order valence-corrected chi connectivity index (χ3v) is 4.29. The lowest BCUT2D eigenvalue weighted by atomic mass is 10.00. The van der Waals surface area contributed by atoms with Crippen molar-refractivity contribution in [1.82, 2.24) is 15.2 Å². The SMILES string of the molecule is CC1CCN(C(=O)NCCOc2ccc3ncccc3c2)CC1. The van der Waals surface area contributed by atoms with Gasteiger partial charge in [-0.05, 0) is 43.0 Å². The number of fused-ring (bicyclic) bond motifs is 1. The molecule has 0 spiro atoms. The molecule has 1 N–H and O–H groups in total. The molecule has 2 amide bonds. The van der Waals surface area contributed by atoms with E-state index in [0.717, 1.165) is 48.5 Å². The molecule has 1 saturated heterocycles. The van der Waals surface area contributed by atoms with Crippen molar-refractivity contribution < 1.29 is 9.53 Å². The molecule has 2 aromatic rings. The Morgan fingerprint density at radius 3 is 3.00 bits per heavy atom. The average molecular weight is 313 g/mol. The summed E-state index contributed by atoms with van der Waals surface area (Å²) < 4.78 is 5.71. The van der Waals surface area contributed by atoms with Crippen molar-refractivity contribution in [3.05, 3.63) is 36.5 Å². The summed E-state index contributed by atoms with van der Waals surface area (Å²) in [5.74, 6) is 1.52. The molecule has 5 nitrogen and oxygen atoms in total. The lowest BCUT2D eigenvalue weighted by Gasteiger charge is -2.30. The summed E-state index contributed by atoms with van der Waals surface area (Å²) in [6.45, 7) is 4.91. The van der Waals surface area contributed by atoms with Crippen LogP contribution in [0.1, 0.15) is 19.8 Å². The maximum atomic E-state index is 12.0. The Kier molecular flexibility index (Phi) is 4.95. The van der Waals surface area contributed by atoms with Crippen LogP contribution in [0.25, 0.3) is 10.9 Å². The summed E-state index contributed by atoms with van der Waals surface area (Å²) in [4.78, 5) is 18.2. The summed E-state index contributed by atoms with van der Waals surface area (Å²) in [6, 6.07) is 9.75. The van der Waals surface area contributed by atoms with E-state index >= 15 is 0 Å². The van der Waals surface area contributed by atoms with E-state index in [1.807, 2.05) is 35.2 Å². The van der Waals surface area contributed by atoms with Crippen molar-refractivity contribution in [1.29, 1.82) is 0 Å². The second-order valence-corrected chi connectivity index (χ2v) is 6.11. The molecule has 3 rings (SSSR count). The zero-order chi connectivity index (χ0) is 16.1. The molecule has 5 heteroatoms. The van der Waals surface area contributed by atoms with Crippen LogP contribution in [0.3, 0.4) is 0 Å². The monoisotopic (exact) mass is 313 g/mol. The van der Waals surface area contributed by atoms with Crippen molar-refractivity contribution in [2.75, 3.05) is 26.2 Å². The van der Waals surface area contributed by atoms with Crippen molar-refractivity contribution in [3.63, 3.8) is 0 Å². The van der Waals surface area contributed by atoms with E-state index in [0.29, 0.717) is 13.2 Å². The Hall–Kier alpha value is -2.30. The number of ether oxygens (including phenoxy) is 1. The number of nitrogens with zero attached hydrogens (tertiary/aromatic N) is 2. The van der Waals surface area contributed by atoms with Gasteiger partial charge in [0.15, 0.2) is 0 Å². The fraction of sp³-hybridized carbons (Fsp3) is 0.444. The molecule has 0 aliphatic carbocycles. The number of urea groups is 1. The number of amides is 2. The molecule has 1 aliphatic rings. The highest BCUT2D eigenvalue weighted by Gasteiger charge is 2.19. The van der Waals surface area contributed by atoms with Gasteiger partial charge in [0, 0.05) is 24.7 Å². The Labute approximate surface area is 136 Å². The highest BCUT2D eigenvalue weighted by Crippen LogP contribution is 2.19. The van der Waals surface area contributed by atoms with Crippen molar-refractivity contribution in [2.24, 2.45) is 5.92 Å². The predicted octanol–water partition coefficient (Wildman–Crippen LogP) is 3.06. The zero-order valence-electron chi connectivity index (χ0n) is 13.5. The highest BCUT2D eigenvalue weighted by atomic mass is 16.5. The highest BCUT2D eigenvalue weighted by molar-refractivity contribution is 5.79. The summed E-state index contributed by atoms with van der Waals surface area (Å²) >= 11 is 0. The molecule has 1 aliphatic heterocycles. The van der Waals surface area contributed by atoms with Crippen LogP contribution >= 0.6 is 0 Å². The maximum absolute atomic E-state index is 12.0. The predicted molar refractivity (Wildman–Crippen MR) is 90.6 cm³/mol. The second-order valence-electron chi connectivity index (χ2n) is 6.11. The molecule has 0 radical (unpaired) electrons. The van der Waals surface area contributed by atoms with Crippen LogP contribution < -0.4 is 10.1 Å². The van der Waals surface area contributed by atoms with Crippen molar-refractivity contribution in [3.8, 4) is 5.75 Å². The lowest BCUT2D eigenvalue weighted by molar-refractivity contribution is 0.172. The average Bonchev–Trinajstić information content (AvgIpc) is 2.59. The van der Waals surface area contributed by atoms with E-state index in [1.165, 1.54) is 0 Å². The minimum atomic E-state index is 0.0169. The van der Waals surface area contributed by atoms with Gasteiger partial charge in [-0.2, -0.15) is 0 Å². The number of nitrogens with one attached hydrogen (secondary N) is 1. The Balaban J connectivity index is 1.43. The smallest absolute Gasteiger partial charge is 0.317 e. The van der Waals surface area contributed by atoms with Gasteiger partial charge in [-0.25, -0.2) is 4.79 Å². The van der Waals surface area contributed by atoms with Gasteiger partial charge in [0.05, 0.1) is 12.1 Å². The van der Waals surface area contributed by atoms with Crippen molar-refractivity contribution >= 4 is 16.9 Å². The first-order valence-corrected chi connectivity index (χ1v) is 8.23. The summed E-state index contributed by atoms with van der Waals surface area (Å²) in [6.07, 6.45) is 3.96. The van der Waals surface area contributed by atoms with Crippen LogP contribution in [0, 0.1) is 5.92 Å². The summed E-state index contributed by atoms with van der Waals surface area (Å²) in [5.41, 5.74) is 0.951. The van der Waals surface area contributed by atoms with E-state index in [-0.39, 0.29) is 6.03 Å². The molecule has 1 aromatic carbocycles. The van der Waals surface area contributed by atoms with E-state index in [1.54, 1.807) is 6.20 Å². The minimum Gasteiger partial charge on any atom is -0.492 e.